The van der Waals surface area contributed by atoms with Crippen molar-refractivity contribution < 1.29 is 14.3 Å². The van der Waals surface area contributed by atoms with E-state index in [0.29, 0.717) is 17.8 Å². The third-order valence-corrected chi connectivity index (χ3v) is 3.33. The summed E-state index contributed by atoms with van der Waals surface area (Å²) in [5.41, 5.74) is 8.68. The highest BCUT2D eigenvalue weighted by Crippen LogP contribution is 2.25. The Morgan fingerprint density at radius 2 is 1.82 bits per heavy atom. The van der Waals surface area contributed by atoms with E-state index in [-0.39, 0.29) is 5.91 Å². The number of hydrogen-bond acceptors (Lipinski definition) is 4. The molecule has 1 heterocycles. The molecule has 0 saturated carbocycles. The largest absolute Gasteiger partial charge is 0.455 e. The molecule has 2 aromatic carbocycles. The monoisotopic (exact) mass is 296 g/mol. The normalized spacial score (nSPS) is 13.5. The van der Waals surface area contributed by atoms with Crippen LogP contribution in [0, 0.1) is 0 Å². The smallest absolute Gasteiger partial charge is 0.266 e. The van der Waals surface area contributed by atoms with Gasteiger partial charge in [0.15, 0.2) is 0 Å². The predicted octanol–water partition coefficient (Wildman–Crippen LogP) is 2.91. The van der Waals surface area contributed by atoms with Gasteiger partial charge in [-0.25, -0.2) is 0 Å². The third-order valence-electron chi connectivity index (χ3n) is 3.33. The fourth-order valence-electron chi connectivity index (χ4n) is 2.16. The molecule has 0 unspecified atom stereocenters. The molecule has 0 saturated heterocycles. The molecule has 1 aliphatic heterocycles. The first-order chi connectivity index (χ1) is 10.8. The van der Waals surface area contributed by atoms with Crippen LogP contribution in [0.15, 0.2) is 61.1 Å². The van der Waals surface area contributed by atoms with E-state index in [1.165, 1.54) is 12.5 Å². The Kier molecular flexibility index (Phi) is 4.07. The van der Waals surface area contributed by atoms with Gasteiger partial charge in [0.1, 0.15) is 12.5 Å². The molecule has 1 aliphatic rings. The SMILES string of the molecule is NCc1cccc(C(=O)Nc2ccc(C3OC=CO3)cc2)c1. The summed E-state index contributed by atoms with van der Waals surface area (Å²) in [5, 5.41) is 2.85. The van der Waals surface area contributed by atoms with Gasteiger partial charge in [0.2, 0.25) is 0 Å². The zero-order chi connectivity index (χ0) is 15.4. The second kappa shape index (κ2) is 6.32. The molecule has 2 aromatic rings. The Bertz CT molecular complexity index is 687. The molecular weight excluding hydrogens is 280 g/mol. The van der Waals surface area contributed by atoms with Gasteiger partial charge in [0.05, 0.1) is 0 Å². The number of carbonyl (C=O) groups is 1. The van der Waals surface area contributed by atoms with Crippen molar-refractivity contribution in [3.05, 3.63) is 77.7 Å². The predicted molar refractivity (Wildman–Crippen MR) is 82.8 cm³/mol. The Morgan fingerprint density at radius 3 is 2.50 bits per heavy atom. The molecule has 3 N–H and O–H groups in total. The van der Waals surface area contributed by atoms with Gasteiger partial charge in [-0.2, -0.15) is 0 Å². The lowest BCUT2D eigenvalue weighted by Gasteiger charge is -2.11. The Hall–Kier alpha value is -2.79. The van der Waals surface area contributed by atoms with E-state index in [2.05, 4.69) is 5.32 Å². The number of nitrogens with two attached hydrogens (primary N) is 1. The van der Waals surface area contributed by atoms with Crippen molar-refractivity contribution in [2.24, 2.45) is 5.73 Å². The Balaban J connectivity index is 1.68. The van der Waals surface area contributed by atoms with Crippen LogP contribution in [0.1, 0.15) is 27.8 Å². The fraction of sp³-hybridized carbons (Fsp3) is 0.118. The minimum atomic E-state index is -0.411. The topological polar surface area (TPSA) is 73.6 Å². The third kappa shape index (κ3) is 3.10. The van der Waals surface area contributed by atoms with Crippen LogP contribution in [0.25, 0.3) is 0 Å². The minimum absolute atomic E-state index is 0.168. The quantitative estimate of drug-likeness (QED) is 0.909. The number of carbonyl (C=O) groups excluding carboxylic acids is 1. The highest BCUT2D eigenvalue weighted by atomic mass is 16.7. The molecule has 22 heavy (non-hydrogen) atoms. The summed E-state index contributed by atoms with van der Waals surface area (Å²) in [4.78, 5) is 12.2. The summed E-state index contributed by atoms with van der Waals surface area (Å²) in [6.07, 6.45) is 2.60. The van der Waals surface area contributed by atoms with E-state index in [9.17, 15) is 4.79 Å². The lowest BCUT2D eigenvalue weighted by atomic mass is 10.1. The summed E-state index contributed by atoms with van der Waals surface area (Å²) in [5.74, 6) is -0.168. The number of nitrogens with one attached hydrogen (secondary N) is 1. The maximum Gasteiger partial charge on any atom is 0.266 e. The molecule has 112 valence electrons. The number of hydrogen-bond donors (Lipinski definition) is 2. The number of benzene rings is 2. The average Bonchev–Trinajstić information content (AvgIpc) is 3.10. The standard InChI is InChI=1S/C17H16N2O3/c18-11-12-2-1-3-14(10-12)16(20)19-15-6-4-13(5-7-15)17-21-8-9-22-17/h1-10,17H,11,18H2,(H,19,20). The van der Waals surface area contributed by atoms with Crippen molar-refractivity contribution >= 4 is 11.6 Å². The van der Waals surface area contributed by atoms with E-state index in [4.69, 9.17) is 15.2 Å². The van der Waals surface area contributed by atoms with Gasteiger partial charge >= 0.3 is 0 Å². The molecule has 0 fully saturated rings. The molecule has 0 aromatic heterocycles. The van der Waals surface area contributed by atoms with Gasteiger partial charge in [-0.1, -0.05) is 12.1 Å². The molecular formula is C17H16N2O3. The average molecular weight is 296 g/mol. The van der Waals surface area contributed by atoms with E-state index in [1.807, 2.05) is 36.4 Å². The van der Waals surface area contributed by atoms with Crippen LogP contribution in [0.3, 0.4) is 0 Å². The van der Waals surface area contributed by atoms with Crippen molar-refractivity contribution in [3.8, 4) is 0 Å². The summed E-state index contributed by atoms with van der Waals surface area (Å²) in [6, 6.07) is 14.6. The highest BCUT2D eigenvalue weighted by Gasteiger charge is 2.15. The number of anilines is 1. The second-order valence-electron chi connectivity index (χ2n) is 4.86. The zero-order valence-electron chi connectivity index (χ0n) is 11.9. The van der Waals surface area contributed by atoms with Crippen molar-refractivity contribution in [1.29, 1.82) is 0 Å². The van der Waals surface area contributed by atoms with E-state index < -0.39 is 6.29 Å². The molecule has 0 spiro atoms. The summed E-state index contributed by atoms with van der Waals surface area (Å²) in [6.45, 7) is 0.408. The van der Waals surface area contributed by atoms with Crippen molar-refractivity contribution in [1.82, 2.24) is 0 Å². The van der Waals surface area contributed by atoms with Crippen molar-refractivity contribution in [2.75, 3.05) is 5.32 Å². The number of amides is 1. The van der Waals surface area contributed by atoms with Crippen LogP contribution >= 0.6 is 0 Å². The zero-order valence-corrected chi connectivity index (χ0v) is 11.9. The molecule has 0 aliphatic carbocycles. The van der Waals surface area contributed by atoms with E-state index in [1.54, 1.807) is 12.1 Å². The van der Waals surface area contributed by atoms with Gasteiger partial charge in [0, 0.05) is 23.4 Å². The van der Waals surface area contributed by atoms with Crippen LogP contribution in [0.4, 0.5) is 5.69 Å². The van der Waals surface area contributed by atoms with Crippen LogP contribution in [-0.2, 0) is 16.0 Å². The Labute approximate surface area is 128 Å². The van der Waals surface area contributed by atoms with Gasteiger partial charge < -0.3 is 20.5 Å². The minimum Gasteiger partial charge on any atom is -0.455 e. The van der Waals surface area contributed by atoms with Gasteiger partial charge in [-0.3, -0.25) is 4.79 Å². The second-order valence-corrected chi connectivity index (χ2v) is 4.86. The molecule has 0 bridgehead atoms. The summed E-state index contributed by atoms with van der Waals surface area (Å²) >= 11 is 0. The van der Waals surface area contributed by atoms with Crippen molar-refractivity contribution in [3.63, 3.8) is 0 Å². The highest BCUT2D eigenvalue weighted by molar-refractivity contribution is 6.04. The summed E-state index contributed by atoms with van der Waals surface area (Å²) < 4.78 is 10.5. The van der Waals surface area contributed by atoms with Crippen LogP contribution < -0.4 is 11.1 Å². The number of ether oxygens (including phenoxy) is 2. The van der Waals surface area contributed by atoms with Crippen LogP contribution in [-0.4, -0.2) is 5.91 Å². The first kappa shape index (κ1) is 14.2. The molecule has 1 amide bonds. The molecule has 5 nitrogen and oxygen atoms in total. The van der Waals surface area contributed by atoms with E-state index in [0.717, 1.165) is 11.1 Å². The maximum absolute atomic E-state index is 12.2. The molecule has 0 radical (unpaired) electrons. The lowest BCUT2D eigenvalue weighted by molar-refractivity contribution is -0.0245. The molecule has 3 rings (SSSR count). The van der Waals surface area contributed by atoms with Gasteiger partial charge in [-0.05, 0) is 42.0 Å². The Morgan fingerprint density at radius 1 is 1.09 bits per heavy atom. The van der Waals surface area contributed by atoms with E-state index >= 15 is 0 Å². The molecule has 0 atom stereocenters. The van der Waals surface area contributed by atoms with Crippen LogP contribution in [0.5, 0.6) is 0 Å². The van der Waals surface area contributed by atoms with Crippen molar-refractivity contribution in [2.45, 2.75) is 12.8 Å². The van der Waals surface area contributed by atoms with Crippen LogP contribution in [0.2, 0.25) is 0 Å². The van der Waals surface area contributed by atoms with Gasteiger partial charge in [0.25, 0.3) is 12.2 Å². The van der Waals surface area contributed by atoms with Gasteiger partial charge in [-0.15, -0.1) is 0 Å². The fourth-order valence-corrected chi connectivity index (χ4v) is 2.16. The summed E-state index contributed by atoms with van der Waals surface area (Å²) in [7, 11) is 0. The maximum atomic E-state index is 12.2. The molecule has 5 heteroatoms. The first-order valence-corrected chi connectivity index (χ1v) is 6.92. The number of rotatable bonds is 4. The first-order valence-electron chi connectivity index (χ1n) is 6.92. The lowest BCUT2D eigenvalue weighted by Crippen LogP contribution is -2.12.